The number of rotatable bonds is 4. The second kappa shape index (κ2) is 11.2. The van der Waals surface area contributed by atoms with Crippen molar-refractivity contribution in [1.82, 2.24) is 19.1 Å². The van der Waals surface area contributed by atoms with Gasteiger partial charge in [0.25, 0.3) is 0 Å². The minimum atomic E-state index is -1.05. The molecule has 0 aliphatic rings. The fraction of sp³-hybridized carbons (Fsp3) is 0. The molecule has 0 bridgehead atoms. The molecule has 0 atom stereocenters. The summed E-state index contributed by atoms with van der Waals surface area (Å²) in [6, 6.07) is -27.5. The molecule has 4 nitrogen and oxygen atoms in total. The van der Waals surface area contributed by atoms with Gasteiger partial charge in [-0.2, -0.15) is 0 Å². The van der Waals surface area contributed by atoms with E-state index in [0.29, 0.717) is 0 Å². The normalized spacial score (nSPS) is 19.9. The molecule has 242 valence electrons. The van der Waals surface area contributed by atoms with E-state index in [0.717, 1.165) is 9.13 Å². The lowest BCUT2D eigenvalue weighted by molar-refractivity contribution is 1.01. The zero-order valence-corrected chi connectivity index (χ0v) is 25.8. The van der Waals surface area contributed by atoms with Crippen molar-refractivity contribution in [3.63, 3.8) is 0 Å². The van der Waals surface area contributed by atoms with Crippen molar-refractivity contribution in [2.75, 3.05) is 0 Å². The van der Waals surface area contributed by atoms with Crippen LogP contribution in [0.1, 0.15) is 41.1 Å². The van der Waals surface area contributed by atoms with Crippen LogP contribution in [0.5, 0.6) is 0 Å². The Labute approximate surface area is 341 Å². The fourth-order valence-electron chi connectivity index (χ4n) is 6.08. The van der Waals surface area contributed by atoms with Crippen molar-refractivity contribution in [1.29, 1.82) is 0 Å². The third-order valence-electron chi connectivity index (χ3n) is 8.29. The van der Waals surface area contributed by atoms with E-state index < -0.39 is 281 Å². The predicted molar refractivity (Wildman–Crippen MR) is 217 cm³/mol. The summed E-state index contributed by atoms with van der Waals surface area (Å²) in [5.41, 5.74) is -7.48. The van der Waals surface area contributed by atoms with E-state index in [9.17, 15) is 13.7 Å². The molecule has 0 aliphatic heterocycles. The van der Waals surface area contributed by atoms with Crippen LogP contribution in [0.4, 0.5) is 0 Å². The fourth-order valence-corrected chi connectivity index (χ4v) is 6.08. The molecule has 52 heavy (non-hydrogen) atoms. The Kier molecular flexibility index (Phi) is 2.60. The van der Waals surface area contributed by atoms with E-state index in [1.54, 1.807) is 0 Å². The predicted octanol–water partition coefficient (Wildman–Crippen LogP) is 12.3. The topological polar surface area (TPSA) is 35.6 Å². The van der Waals surface area contributed by atoms with Crippen molar-refractivity contribution < 1.29 is 41.1 Å². The van der Waals surface area contributed by atoms with Crippen molar-refractivity contribution >= 4 is 65.3 Å². The highest BCUT2D eigenvalue weighted by Crippen LogP contribution is 2.38. The van der Waals surface area contributed by atoms with Gasteiger partial charge in [-0.1, -0.05) is 127 Å². The maximum Gasteiger partial charge on any atom is 0.235 e. The molecular weight excluding hydrogens is 633 g/mol. The van der Waals surface area contributed by atoms with Crippen molar-refractivity contribution in [3.8, 4) is 34.0 Å². The lowest BCUT2D eigenvalue weighted by Gasteiger charge is -2.14. The van der Waals surface area contributed by atoms with Crippen LogP contribution in [0.25, 0.3) is 99.3 Å². The smallest absolute Gasteiger partial charge is 0.235 e. The largest absolute Gasteiger partial charge is 0.309 e. The average Bonchev–Trinajstić information content (AvgIpc) is 1.99. The molecule has 0 fully saturated rings. The average molecular weight is 693 g/mol. The summed E-state index contributed by atoms with van der Waals surface area (Å²) in [5, 5.41) is -4.26. The van der Waals surface area contributed by atoms with E-state index in [-0.39, 0.29) is 0 Å². The van der Waals surface area contributed by atoms with Gasteiger partial charge in [0.2, 0.25) is 5.95 Å². The molecule has 0 saturated heterocycles. The Hall–Kier alpha value is -7.04. The Morgan fingerprint density at radius 1 is 0.365 bits per heavy atom. The molecule has 0 saturated carbocycles. The summed E-state index contributed by atoms with van der Waals surface area (Å²) in [6.45, 7) is 0. The van der Waals surface area contributed by atoms with Gasteiger partial charge in [-0.25, -0.2) is 9.97 Å². The molecule has 0 amide bonds. The van der Waals surface area contributed by atoms with Crippen LogP contribution in [0.2, 0.25) is 0 Å². The molecule has 3 aromatic heterocycles. The number of hydrogen-bond acceptors (Lipinski definition) is 2. The molecule has 11 rings (SSSR count). The zero-order chi connectivity index (χ0) is 60.3. The molecular formula is C48H30N4. The van der Waals surface area contributed by atoms with Gasteiger partial charge in [-0.05, 0) is 76.3 Å². The number of nitrogens with zero attached hydrogens (tertiary/aromatic N) is 4. The SMILES string of the molecule is [2H]c1c([2H])c([2H])c(-c2c([2H])c([2H])c3nc(-n4c5c([2H])c([2H])c([2H])c([2H])c5c5c([2H])c(-n6c7c([2H])c([2H])c([2H])c([2H])c7c7c([2H])c([2H])c([2H])c([2H])c76)c([2H])c([2H])c54)nc(-c4c([2H])c([2H])c5c([2H])c([2H])c([2H])c([2H])c5c4[2H])c3c2[2H])c([2H])c1[2H]. The van der Waals surface area contributed by atoms with Gasteiger partial charge in [-0.3, -0.25) is 4.57 Å². The second-order valence-electron chi connectivity index (χ2n) is 11.1. The Morgan fingerprint density at radius 3 is 1.71 bits per heavy atom. The van der Waals surface area contributed by atoms with Crippen LogP contribution in [-0.4, -0.2) is 19.1 Å². The zero-order valence-electron chi connectivity index (χ0n) is 55.8. The van der Waals surface area contributed by atoms with Gasteiger partial charge >= 0.3 is 0 Å². The Morgan fingerprint density at radius 2 is 0.962 bits per heavy atom. The van der Waals surface area contributed by atoms with Gasteiger partial charge in [0.1, 0.15) is 0 Å². The van der Waals surface area contributed by atoms with Crippen LogP contribution in [0, 0.1) is 0 Å². The lowest BCUT2D eigenvalue weighted by atomic mass is 9.99. The quantitative estimate of drug-likeness (QED) is 0.184. The number of fused-ring (bicyclic) bond motifs is 8. The second-order valence-corrected chi connectivity index (χ2v) is 11.1. The molecule has 0 spiro atoms. The molecule has 3 heterocycles. The number of hydrogen-bond donors (Lipinski definition) is 0. The van der Waals surface area contributed by atoms with Crippen molar-refractivity contribution in [2.45, 2.75) is 0 Å². The van der Waals surface area contributed by atoms with Gasteiger partial charge < -0.3 is 4.57 Å². The Bertz CT molecular complexity index is 4820. The third kappa shape index (κ3) is 4.34. The monoisotopic (exact) mass is 692 g/mol. The molecule has 0 radical (unpaired) electrons. The first-order valence-electron chi connectivity index (χ1n) is 30.2. The van der Waals surface area contributed by atoms with Crippen LogP contribution >= 0.6 is 0 Å². The number of benzene rings is 8. The molecule has 4 heteroatoms. The summed E-state index contributed by atoms with van der Waals surface area (Å²) < 4.78 is 271. The van der Waals surface area contributed by atoms with Crippen molar-refractivity contribution in [2.24, 2.45) is 0 Å². The molecule has 0 N–H and O–H groups in total. The maximum atomic E-state index is 10.0. The minimum Gasteiger partial charge on any atom is -0.309 e. The van der Waals surface area contributed by atoms with E-state index in [1.807, 2.05) is 0 Å². The maximum absolute atomic E-state index is 10.0. The van der Waals surface area contributed by atoms with E-state index in [1.165, 1.54) is 0 Å². The van der Waals surface area contributed by atoms with E-state index in [2.05, 4.69) is 9.97 Å². The summed E-state index contributed by atoms with van der Waals surface area (Å²) in [7, 11) is 0. The van der Waals surface area contributed by atoms with Crippen molar-refractivity contribution in [3.05, 3.63) is 181 Å². The first-order valence-corrected chi connectivity index (χ1v) is 15.2. The van der Waals surface area contributed by atoms with Crippen LogP contribution in [0.15, 0.2) is 181 Å². The molecule has 0 unspecified atom stereocenters. The summed E-state index contributed by atoms with van der Waals surface area (Å²) in [5.74, 6) is -0.934. The highest BCUT2D eigenvalue weighted by Gasteiger charge is 2.20. The lowest BCUT2D eigenvalue weighted by Crippen LogP contribution is -2.04. The van der Waals surface area contributed by atoms with Gasteiger partial charge in [-0.15, -0.1) is 0 Å². The van der Waals surface area contributed by atoms with Gasteiger partial charge in [0, 0.05) is 38.2 Å². The number of para-hydroxylation sites is 3. The van der Waals surface area contributed by atoms with Crippen LogP contribution in [-0.2, 0) is 0 Å². The standard InChI is InChI=1S/C48H30N4/c1-2-12-31(13-3-1)34-24-26-42-41(29-34)47(35-23-22-32-14-4-5-15-33(32)28-35)50-48(49-42)52-45-21-11-8-18-39(45)40-30-36(25-27-46(40)52)51-43-19-9-6-16-37(43)38-17-7-10-20-44(38)51/h1-30H/i1D,2D,3D,4D,5D,6D,7D,8D,9D,10D,11D,12D,13D,14D,15D,16D,17D,18D,19D,20D,21D,22D,23D,24D,25D,26D,27D,28D,29D,30D. The summed E-state index contributed by atoms with van der Waals surface area (Å²) >= 11 is 0. The minimum absolute atomic E-state index is 0.481. The first kappa shape index (κ1) is 12.0. The first-order chi connectivity index (χ1) is 38.3. The number of aromatic nitrogens is 4. The third-order valence-corrected chi connectivity index (χ3v) is 8.29. The molecule has 0 aliphatic carbocycles. The summed E-state index contributed by atoms with van der Waals surface area (Å²) in [6.07, 6.45) is 0. The van der Waals surface area contributed by atoms with E-state index >= 15 is 0 Å². The highest BCUT2D eigenvalue weighted by atomic mass is 15.2. The summed E-state index contributed by atoms with van der Waals surface area (Å²) in [4.78, 5) is 9.15. The highest BCUT2D eigenvalue weighted by molar-refractivity contribution is 6.12. The molecule has 8 aromatic carbocycles. The van der Waals surface area contributed by atoms with Gasteiger partial charge in [0.05, 0.1) is 74.4 Å². The van der Waals surface area contributed by atoms with Gasteiger partial charge in [0.15, 0.2) is 0 Å². The van der Waals surface area contributed by atoms with Crippen LogP contribution in [0.3, 0.4) is 0 Å². The van der Waals surface area contributed by atoms with E-state index in [4.69, 9.17) is 27.4 Å². The van der Waals surface area contributed by atoms with Crippen LogP contribution < -0.4 is 0 Å². The molecule has 11 aromatic rings. The Balaban J connectivity index is 1.40.